The van der Waals surface area contributed by atoms with Gasteiger partial charge in [-0.15, -0.1) is 0 Å². The van der Waals surface area contributed by atoms with Crippen molar-refractivity contribution in [3.05, 3.63) is 66.2 Å². The van der Waals surface area contributed by atoms with Gasteiger partial charge < -0.3 is 9.47 Å². The highest BCUT2D eigenvalue weighted by molar-refractivity contribution is 6.35. The molecular formula is C20H20N4O4. The molecule has 28 heavy (non-hydrogen) atoms. The summed E-state index contributed by atoms with van der Waals surface area (Å²) in [7, 11) is 2.59. The van der Waals surface area contributed by atoms with E-state index in [0.717, 1.165) is 18.4 Å². The number of amides is 1. The smallest absolute Gasteiger partial charge is 0.399 e. The van der Waals surface area contributed by atoms with Gasteiger partial charge in [0.2, 0.25) is 0 Å². The monoisotopic (exact) mass is 380 g/mol. The summed E-state index contributed by atoms with van der Waals surface area (Å²) in [6, 6.07) is 18.8. The van der Waals surface area contributed by atoms with Crippen molar-refractivity contribution in [3.63, 3.8) is 0 Å². The predicted molar refractivity (Wildman–Crippen MR) is 105 cm³/mol. The van der Waals surface area contributed by atoms with E-state index in [-0.39, 0.29) is 11.9 Å². The number of anilines is 1. The molecule has 8 heteroatoms. The van der Waals surface area contributed by atoms with Crippen LogP contribution in [0.4, 0.5) is 5.69 Å². The van der Waals surface area contributed by atoms with Gasteiger partial charge in [0.1, 0.15) is 5.54 Å². The molecule has 3 rings (SSSR count). The summed E-state index contributed by atoms with van der Waals surface area (Å²) in [6.45, 7) is 1.79. The van der Waals surface area contributed by atoms with E-state index in [1.165, 1.54) is 12.1 Å². The Morgan fingerprint density at radius 3 is 2.21 bits per heavy atom. The number of ether oxygens (including phenoxy) is 2. The average Bonchev–Trinajstić information content (AvgIpc) is 3.01. The molecule has 1 amide bonds. The first-order valence-electron chi connectivity index (χ1n) is 8.52. The standard InChI is InChI=1S/C20H20N4O4/c1-20(14-10-6-4-7-11-14)18(21-16(25)17(26)27-2)24(19(22-20)28-3)23-15-12-8-5-9-13-15/h4-13,23H,1-3H3. The number of benzene rings is 2. The molecule has 2 aromatic carbocycles. The molecule has 1 aliphatic rings. The maximum atomic E-state index is 12.2. The fourth-order valence-corrected chi connectivity index (χ4v) is 2.82. The molecule has 8 nitrogen and oxygen atoms in total. The minimum Gasteiger partial charge on any atom is -0.467 e. The quantitative estimate of drug-likeness (QED) is 0.649. The van der Waals surface area contributed by atoms with Gasteiger partial charge in [0.05, 0.1) is 19.9 Å². The Hall–Kier alpha value is -3.68. The molecular weight excluding hydrogens is 360 g/mol. The van der Waals surface area contributed by atoms with Crippen molar-refractivity contribution in [1.82, 2.24) is 5.01 Å². The molecule has 0 radical (unpaired) electrons. The van der Waals surface area contributed by atoms with Gasteiger partial charge in [-0.05, 0) is 24.6 Å². The van der Waals surface area contributed by atoms with Crippen LogP contribution in [0.1, 0.15) is 12.5 Å². The fourth-order valence-electron chi connectivity index (χ4n) is 2.82. The summed E-state index contributed by atoms with van der Waals surface area (Å²) in [4.78, 5) is 32.6. The molecule has 1 N–H and O–H groups in total. The van der Waals surface area contributed by atoms with Crippen molar-refractivity contribution >= 4 is 29.4 Å². The lowest BCUT2D eigenvalue weighted by molar-refractivity contribution is -0.151. The number of nitrogens with zero attached hydrogens (tertiary/aromatic N) is 3. The van der Waals surface area contributed by atoms with Crippen LogP contribution in [0, 0.1) is 0 Å². The normalized spacial score (nSPS) is 19.9. The van der Waals surface area contributed by atoms with Gasteiger partial charge in [-0.3, -0.25) is 10.2 Å². The van der Waals surface area contributed by atoms with Crippen LogP contribution in [0.2, 0.25) is 0 Å². The number of hydrazine groups is 1. The zero-order chi connectivity index (χ0) is 20.1. The zero-order valence-electron chi connectivity index (χ0n) is 15.7. The van der Waals surface area contributed by atoms with E-state index < -0.39 is 17.4 Å². The Bertz CT molecular complexity index is 928. The maximum absolute atomic E-state index is 12.2. The van der Waals surface area contributed by atoms with E-state index in [1.54, 1.807) is 6.92 Å². The van der Waals surface area contributed by atoms with Gasteiger partial charge in [0.15, 0.2) is 5.84 Å². The Kier molecular flexibility index (Phi) is 5.39. The second-order valence-corrected chi connectivity index (χ2v) is 6.08. The number of nitrogens with one attached hydrogen (secondary N) is 1. The first-order chi connectivity index (χ1) is 13.5. The molecule has 1 aliphatic heterocycles. The maximum Gasteiger partial charge on any atom is 0.399 e. The molecule has 0 saturated carbocycles. The summed E-state index contributed by atoms with van der Waals surface area (Å²) in [5.41, 5.74) is 3.57. The highest BCUT2D eigenvalue weighted by Gasteiger charge is 2.46. The first kappa shape index (κ1) is 19.1. The molecule has 1 atom stereocenters. The van der Waals surface area contributed by atoms with E-state index in [9.17, 15) is 9.59 Å². The third-order valence-electron chi connectivity index (χ3n) is 4.26. The summed E-state index contributed by atoms with van der Waals surface area (Å²) in [6.07, 6.45) is 0. The molecule has 1 unspecified atom stereocenters. The molecule has 0 aromatic heterocycles. The second kappa shape index (κ2) is 7.91. The molecule has 144 valence electrons. The Morgan fingerprint density at radius 1 is 1.04 bits per heavy atom. The van der Waals surface area contributed by atoms with Crippen molar-refractivity contribution in [1.29, 1.82) is 0 Å². The van der Waals surface area contributed by atoms with Crippen LogP contribution in [0.3, 0.4) is 0 Å². The largest absolute Gasteiger partial charge is 0.467 e. The lowest BCUT2D eigenvalue weighted by Crippen LogP contribution is -2.44. The highest BCUT2D eigenvalue weighted by Crippen LogP contribution is 2.34. The zero-order valence-corrected chi connectivity index (χ0v) is 15.7. The Balaban J connectivity index is 2.11. The number of carbonyl (C=O) groups is 2. The first-order valence-corrected chi connectivity index (χ1v) is 8.52. The lowest BCUT2D eigenvalue weighted by atomic mass is 9.92. The van der Waals surface area contributed by atoms with E-state index in [0.29, 0.717) is 0 Å². The average molecular weight is 380 g/mol. The minimum absolute atomic E-state index is 0.190. The lowest BCUT2D eigenvalue weighted by Gasteiger charge is -2.27. The molecule has 0 fully saturated rings. The van der Waals surface area contributed by atoms with E-state index >= 15 is 0 Å². The number of amidine groups is 2. The molecule has 0 spiro atoms. The number of para-hydroxylation sites is 1. The van der Waals surface area contributed by atoms with Crippen molar-refractivity contribution in [2.75, 3.05) is 19.6 Å². The number of hydrogen-bond donors (Lipinski definition) is 1. The number of carbonyl (C=O) groups excluding carboxylic acids is 2. The van der Waals surface area contributed by atoms with Gasteiger partial charge in [-0.2, -0.15) is 10.0 Å². The molecule has 1 heterocycles. The van der Waals surface area contributed by atoms with Gasteiger partial charge in [0.25, 0.3) is 0 Å². The van der Waals surface area contributed by atoms with Crippen molar-refractivity contribution < 1.29 is 19.1 Å². The summed E-state index contributed by atoms with van der Waals surface area (Å²) >= 11 is 0. The minimum atomic E-state index is -1.06. The van der Waals surface area contributed by atoms with Crippen molar-refractivity contribution in [3.8, 4) is 0 Å². The molecule has 0 saturated heterocycles. The van der Waals surface area contributed by atoms with Crippen molar-refractivity contribution in [2.24, 2.45) is 9.98 Å². The van der Waals surface area contributed by atoms with Crippen LogP contribution >= 0.6 is 0 Å². The molecule has 0 bridgehead atoms. The van der Waals surface area contributed by atoms with Crippen LogP contribution in [-0.2, 0) is 24.6 Å². The molecule has 2 aromatic rings. The predicted octanol–water partition coefficient (Wildman–Crippen LogP) is 2.34. The number of methoxy groups -OCH3 is 2. The van der Waals surface area contributed by atoms with Crippen LogP contribution in [0.25, 0.3) is 0 Å². The SMILES string of the molecule is COC(=O)C(=O)N=C1N(Nc2ccccc2)C(OC)=NC1(C)c1ccccc1. The van der Waals surface area contributed by atoms with E-state index in [4.69, 9.17) is 4.74 Å². The Morgan fingerprint density at radius 2 is 1.64 bits per heavy atom. The Labute approximate surface area is 162 Å². The van der Waals surface area contributed by atoms with Crippen molar-refractivity contribution in [2.45, 2.75) is 12.5 Å². The number of hydrogen-bond acceptors (Lipinski definition) is 6. The van der Waals surface area contributed by atoms with Crippen LogP contribution < -0.4 is 5.43 Å². The number of rotatable bonds is 3. The second-order valence-electron chi connectivity index (χ2n) is 6.08. The van der Waals surface area contributed by atoms with Crippen LogP contribution in [0.5, 0.6) is 0 Å². The molecule has 0 aliphatic carbocycles. The topological polar surface area (TPSA) is 92.6 Å². The van der Waals surface area contributed by atoms with E-state index in [1.807, 2.05) is 60.7 Å². The van der Waals surface area contributed by atoms with Crippen LogP contribution in [0.15, 0.2) is 70.6 Å². The van der Waals surface area contributed by atoms with E-state index in [2.05, 4.69) is 20.1 Å². The fraction of sp³-hybridized carbons (Fsp3) is 0.200. The highest BCUT2D eigenvalue weighted by atomic mass is 16.5. The van der Waals surface area contributed by atoms with Gasteiger partial charge in [-0.25, -0.2) is 9.79 Å². The van der Waals surface area contributed by atoms with Crippen LogP contribution in [-0.4, -0.2) is 43.0 Å². The number of esters is 1. The van der Waals surface area contributed by atoms with Gasteiger partial charge in [-0.1, -0.05) is 48.5 Å². The third kappa shape index (κ3) is 3.57. The third-order valence-corrected chi connectivity index (χ3v) is 4.26. The van der Waals surface area contributed by atoms with Gasteiger partial charge in [0, 0.05) is 0 Å². The summed E-state index contributed by atoms with van der Waals surface area (Å²) in [5.74, 6) is -1.91. The summed E-state index contributed by atoms with van der Waals surface area (Å²) in [5, 5.41) is 1.45. The summed E-state index contributed by atoms with van der Waals surface area (Å²) < 4.78 is 9.92. The number of aliphatic imine (C=N–C) groups is 2. The van der Waals surface area contributed by atoms with Gasteiger partial charge >= 0.3 is 17.9 Å².